The zero-order valence-corrected chi connectivity index (χ0v) is 20.8. The summed E-state index contributed by atoms with van der Waals surface area (Å²) in [4.78, 5) is 17.7. The van der Waals surface area contributed by atoms with Crippen LogP contribution >= 0.6 is 11.6 Å². The highest BCUT2D eigenvalue weighted by Gasteiger charge is 2.36. The number of nitrogens with one attached hydrogen (secondary N) is 1. The molecular formula is C28H18ClF3N6O. The van der Waals surface area contributed by atoms with Crippen LogP contribution in [0, 0.1) is 0 Å². The van der Waals surface area contributed by atoms with Gasteiger partial charge in [-0.25, -0.2) is 9.50 Å². The van der Waals surface area contributed by atoms with Crippen molar-refractivity contribution in [3.63, 3.8) is 0 Å². The average molecular weight is 547 g/mol. The van der Waals surface area contributed by atoms with Crippen molar-refractivity contribution >= 4 is 39.6 Å². The maximum absolute atomic E-state index is 14.1. The minimum Gasteiger partial charge on any atom is -0.319 e. The number of nitrogens with zero attached hydrogens (tertiary/aromatic N) is 5. The number of amides is 1. The Morgan fingerprint density at radius 3 is 2.56 bits per heavy atom. The molecule has 3 heterocycles. The van der Waals surface area contributed by atoms with E-state index >= 15 is 0 Å². The summed E-state index contributed by atoms with van der Waals surface area (Å²) in [5.74, 6) is -0.664. The molecule has 194 valence electrons. The third-order valence-electron chi connectivity index (χ3n) is 6.20. The molecule has 0 saturated heterocycles. The van der Waals surface area contributed by atoms with Gasteiger partial charge in [0.1, 0.15) is 5.56 Å². The third kappa shape index (κ3) is 4.82. The zero-order valence-electron chi connectivity index (χ0n) is 20.0. The van der Waals surface area contributed by atoms with Crippen molar-refractivity contribution in [2.75, 3.05) is 5.32 Å². The molecule has 6 aromatic rings. The normalized spacial score (nSPS) is 11.8. The Labute approximate surface area is 224 Å². The minimum atomic E-state index is -4.73. The molecule has 0 aliphatic heterocycles. The van der Waals surface area contributed by atoms with Crippen molar-refractivity contribution in [1.29, 1.82) is 0 Å². The smallest absolute Gasteiger partial charge is 0.319 e. The fourth-order valence-corrected chi connectivity index (χ4v) is 4.66. The van der Waals surface area contributed by atoms with Crippen LogP contribution in [0.1, 0.15) is 21.6 Å². The molecule has 0 aliphatic carbocycles. The summed E-state index contributed by atoms with van der Waals surface area (Å²) in [6, 6.07) is 20.9. The van der Waals surface area contributed by atoms with Gasteiger partial charge in [-0.3, -0.25) is 9.48 Å². The lowest BCUT2D eigenvalue weighted by atomic mass is 10.0. The van der Waals surface area contributed by atoms with Crippen LogP contribution in [0.4, 0.5) is 18.9 Å². The maximum atomic E-state index is 14.1. The van der Waals surface area contributed by atoms with Crippen molar-refractivity contribution in [3.05, 3.63) is 113 Å². The lowest BCUT2D eigenvalue weighted by Crippen LogP contribution is -2.15. The Balaban J connectivity index is 1.37. The van der Waals surface area contributed by atoms with Crippen molar-refractivity contribution in [1.82, 2.24) is 24.4 Å². The summed E-state index contributed by atoms with van der Waals surface area (Å²) in [5, 5.41) is 13.0. The van der Waals surface area contributed by atoms with Crippen LogP contribution < -0.4 is 5.32 Å². The van der Waals surface area contributed by atoms with Gasteiger partial charge >= 0.3 is 6.18 Å². The van der Waals surface area contributed by atoms with E-state index in [1.54, 1.807) is 41.2 Å². The molecule has 11 heteroatoms. The van der Waals surface area contributed by atoms with E-state index in [2.05, 4.69) is 20.5 Å². The van der Waals surface area contributed by atoms with Gasteiger partial charge in [-0.05, 0) is 34.5 Å². The summed E-state index contributed by atoms with van der Waals surface area (Å²) in [6.45, 7) is 0.415. The summed E-state index contributed by atoms with van der Waals surface area (Å²) >= 11 is 6.04. The van der Waals surface area contributed by atoms with Gasteiger partial charge in [-0.2, -0.15) is 23.4 Å². The van der Waals surface area contributed by atoms with Gasteiger partial charge < -0.3 is 5.32 Å². The quantitative estimate of drug-likeness (QED) is 0.260. The fourth-order valence-electron chi connectivity index (χ4n) is 4.45. The van der Waals surface area contributed by atoms with Crippen molar-refractivity contribution in [2.45, 2.75) is 12.7 Å². The topological polar surface area (TPSA) is 77.1 Å². The molecule has 0 bridgehead atoms. The molecule has 7 nitrogen and oxygen atoms in total. The Morgan fingerprint density at radius 2 is 1.74 bits per heavy atom. The molecule has 0 unspecified atom stereocenters. The van der Waals surface area contributed by atoms with Crippen LogP contribution in [-0.4, -0.2) is 30.3 Å². The Morgan fingerprint density at radius 1 is 0.949 bits per heavy atom. The van der Waals surface area contributed by atoms with Gasteiger partial charge in [0, 0.05) is 16.8 Å². The minimum absolute atomic E-state index is 0.0792. The molecule has 1 N–H and O–H groups in total. The van der Waals surface area contributed by atoms with E-state index in [0.29, 0.717) is 27.3 Å². The van der Waals surface area contributed by atoms with Crippen molar-refractivity contribution in [3.8, 4) is 11.3 Å². The number of halogens is 4. The maximum Gasteiger partial charge on any atom is 0.433 e. The standard InChI is InChI=1S/C28H18ClF3N6O/c29-19-8-3-5-17(11-19)15-37-16-20(13-33-37)35-27(39)23-14-34-38-25(28(30,31)32)12-24(36-26(23)38)22-10-4-7-18-6-1-2-9-21(18)22/h1-14,16H,15H2,(H,35,39). The van der Waals surface area contributed by atoms with Gasteiger partial charge in [0.15, 0.2) is 11.3 Å². The van der Waals surface area contributed by atoms with Crippen LogP contribution in [0.15, 0.2) is 91.4 Å². The summed E-state index contributed by atoms with van der Waals surface area (Å²) in [5.41, 5.74) is 0.510. The fraction of sp³-hybridized carbons (Fsp3) is 0.0714. The van der Waals surface area contributed by atoms with Gasteiger partial charge in [0.05, 0.1) is 30.3 Å². The summed E-state index contributed by atoms with van der Waals surface area (Å²) in [7, 11) is 0. The molecule has 6 rings (SSSR count). The third-order valence-corrected chi connectivity index (χ3v) is 6.43. The van der Waals surface area contributed by atoms with E-state index in [1.807, 2.05) is 36.4 Å². The molecule has 0 saturated carbocycles. The first-order valence-electron chi connectivity index (χ1n) is 11.8. The molecule has 0 spiro atoms. The molecule has 0 atom stereocenters. The van der Waals surface area contributed by atoms with E-state index in [4.69, 9.17) is 11.6 Å². The largest absolute Gasteiger partial charge is 0.433 e. The first kappa shape index (κ1) is 24.6. The predicted octanol–water partition coefficient (Wildman–Crippen LogP) is 6.72. The highest BCUT2D eigenvalue weighted by molar-refractivity contribution is 6.30. The van der Waals surface area contributed by atoms with E-state index < -0.39 is 17.8 Å². The number of fused-ring (bicyclic) bond motifs is 2. The second-order valence-corrected chi connectivity index (χ2v) is 9.29. The van der Waals surface area contributed by atoms with E-state index in [1.165, 1.54) is 6.20 Å². The van der Waals surface area contributed by atoms with Gasteiger partial charge in [-0.15, -0.1) is 0 Å². The van der Waals surface area contributed by atoms with Crippen molar-refractivity contribution < 1.29 is 18.0 Å². The molecule has 3 aromatic heterocycles. The summed E-state index contributed by atoms with van der Waals surface area (Å²) < 4.78 is 44.5. The molecule has 39 heavy (non-hydrogen) atoms. The van der Waals surface area contributed by atoms with E-state index in [9.17, 15) is 18.0 Å². The van der Waals surface area contributed by atoms with Gasteiger partial charge in [0.25, 0.3) is 5.91 Å². The second kappa shape index (κ2) is 9.55. The van der Waals surface area contributed by atoms with Crippen LogP contribution in [-0.2, 0) is 12.7 Å². The highest BCUT2D eigenvalue weighted by atomic mass is 35.5. The number of hydrogen-bond acceptors (Lipinski definition) is 4. The molecule has 1 amide bonds. The van der Waals surface area contributed by atoms with Crippen LogP contribution in [0.3, 0.4) is 0 Å². The second-order valence-electron chi connectivity index (χ2n) is 8.86. The number of carbonyl (C=O) groups excluding carboxylic acids is 1. The number of alkyl halides is 3. The first-order valence-corrected chi connectivity index (χ1v) is 12.2. The van der Waals surface area contributed by atoms with Crippen LogP contribution in [0.2, 0.25) is 5.02 Å². The molecular weight excluding hydrogens is 529 g/mol. The summed E-state index contributed by atoms with van der Waals surface area (Å²) in [6.07, 6.45) is -0.594. The van der Waals surface area contributed by atoms with Gasteiger partial charge in [0.2, 0.25) is 0 Å². The predicted molar refractivity (Wildman–Crippen MR) is 142 cm³/mol. The lowest BCUT2D eigenvalue weighted by molar-refractivity contribution is -0.142. The Kier molecular flexibility index (Phi) is 6.03. The van der Waals surface area contributed by atoms with E-state index in [-0.39, 0.29) is 16.9 Å². The number of anilines is 1. The number of hydrogen-bond donors (Lipinski definition) is 1. The number of carbonyl (C=O) groups is 1. The van der Waals surface area contributed by atoms with E-state index in [0.717, 1.165) is 28.6 Å². The molecule has 3 aromatic carbocycles. The average Bonchev–Trinajstić information content (AvgIpc) is 3.54. The zero-order chi connectivity index (χ0) is 27.1. The molecule has 0 radical (unpaired) electrons. The molecule has 0 fully saturated rings. The monoisotopic (exact) mass is 546 g/mol. The number of benzene rings is 3. The van der Waals surface area contributed by atoms with Gasteiger partial charge in [-0.1, -0.05) is 66.2 Å². The lowest BCUT2D eigenvalue weighted by Gasteiger charge is -2.13. The highest BCUT2D eigenvalue weighted by Crippen LogP contribution is 2.35. The Bertz CT molecular complexity index is 1850. The van der Waals surface area contributed by atoms with Crippen molar-refractivity contribution in [2.24, 2.45) is 0 Å². The number of rotatable bonds is 5. The SMILES string of the molecule is O=C(Nc1cnn(Cc2cccc(Cl)c2)c1)c1cnn2c(C(F)(F)F)cc(-c3cccc4ccccc34)nc12. The Hall–Kier alpha value is -4.70. The number of aromatic nitrogens is 5. The van der Waals surface area contributed by atoms with Crippen LogP contribution in [0.25, 0.3) is 27.7 Å². The first-order chi connectivity index (χ1) is 18.8. The van der Waals surface area contributed by atoms with Crippen LogP contribution in [0.5, 0.6) is 0 Å². The molecule has 0 aliphatic rings.